The van der Waals surface area contributed by atoms with E-state index in [2.05, 4.69) is 55.7 Å². The van der Waals surface area contributed by atoms with Crippen molar-refractivity contribution in [1.82, 2.24) is 0 Å². The molecule has 0 bridgehead atoms. The van der Waals surface area contributed by atoms with Gasteiger partial charge in [0.25, 0.3) is 0 Å². The van der Waals surface area contributed by atoms with Crippen molar-refractivity contribution in [3.8, 4) is 0 Å². The Bertz CT molecular complexity index is 139. The summed E-state index contributed by atoms with van der Waals surface area (Å²) in [4.78, 5) is 0. The summed E-state index contributed by atoms with van der Waals surface area (Å²) in [5.74, 6) is 0. The van der Waals surface area contributed by atoms with Crippen LogP contribution in [0, 0.1) is 0 Å². The van der Waals surface area contributed by atoms with Crippen LogP contribution >= 0.6 is 72.3 Å². The lowest BCUT2D eigenvalue weighted by atomic mass is 10.5. The van der Waals surface area contributed by atoms with Crippen LogP contribution in [-0.2, 0) is 0 Å². The Morgan fingerprint density at radius 3 is 2.00 bits per heavy atom. The largest absolute Gasteiger partial charge is 0.168 e. The van der Waals surface area contributed by atoms with Crippen molar-refractivity contribution < 1.29 is 0 Å². The van der Waals surface area contributed by atoms with E-state index in [4.69, 9.17) is 0 Å². The Balaban J connectivity index is 2.39. The minimum Gasteiger partial charge on any atom is -0.168 e. The molecule has 14 heavy (non-hydrogen) atoms. The van der Waals surface area contributed by atoms with Gasteiger partial charge in [-0.1, -0.05) is 6.92 Å². The zero-order valence-corrected chi connectivity index (χ0v) is 13.1. The van der Waals surface area contributed by atoms with Gasteiger partial charge >= 0.3 is 0 Å². The molecule has 1 rings (SSSR count). The zero-order valence-electron chi connectivity index (χ0n) is 8.09. The lowest BCUT2D eigenvalue weighted by Crippen LogP contribution is -2.19. The smallest absolute Gasteiger partial charge is 0.0540 e. The summed E-state index contributed by atoms with van der Waals surface area (Å²) in [6.45, 7) is 2.28. The predicted molar refractivity (Wildman–Crippen MR) is 84.3 cm³/mol. The highest BCUT2D eigenvalue weighted by atomic mass is 32.3. The monoisotopic (exact) mass is 304 g/mol. The van der Waals surface area contributed by atoms with Gasteiger partial charge in [0.15, 0.2) is 0 Å². The molecule has 0 saturated carbocycles. The molecular weight excluding hydrogens is 288 g/mol. The van der Waals surface area contributed by atoms with Crippen LogP contribution in [0.4, 0.5) is 0 Å². The van der Waals surface area contributed by atoms with E-state index in [0.29, 0.717) is 0 Å². The van der Waals surface area contributed by atoms with Crippen LogP contribution in [0.1, 0.15) is 19.8 Å². The Morgan fingerprint density at radius 1 is 1.14 bits per heavy atom. The van der Waals surface area contributed by atoms with Crippen LogP contribution in [0.5, 0.6) is 0 Å². The maximum Gasteiger partial charge on any atom is 0.0540 e. The van der Waals surface area contributed by atoms with Crippen LogP contribution in [0.25, 0.3) is 0 Å². The first-order valence-electron chi connectivity index (χ1n) is 4.56. The minimum atomic E-state index is 0.746. The van der Waals surface area contributed by atoms with Crippen molar-refractivity contribution in [1.29, 1.82) is 0 Å². The second-order valence-electron chi connectivity index (χ2n) is 2.80. The third kappa shape index (κ3) is 4.95. The third-order valence-electron chi connectivity index (χ3n) is 1.85. The number of rotatable bonds is 5. The van der Waals surface area contributed by atoms with E-state index < -0.39 is 0 Å². The van der Waals surface area contributed by atoms with E-state index >= 15 is 0 Å². The summed E-state index contributed by atoms with van der Waals surface area (Å²) in [5, 5.41) is 1.88. The second-order valence-corrected chi connectivity index (χ2v) is 10.4. The molecule has 1 aliphatic heterocycles. The van der Waals surface area contributed by atoms with Crippen LogP contribution in [0.15, 0.2) is 0 Å². The molecule has 1 saturated heterocycles. The van der Waals surface area contributed by atoms with E-state index in [1.54, 1.807) is 0 Å². The van der Waals surface area contributed by atoms with E-state index in [0.717, 1.165) is 23.9 Å². The van der Waals surface area contributed by atoms with Crippen molar-refractivity contribution in [3.05, 3.63) is 0 Å². The molecule has 0 aliphatic carbocycles. The van der Waals surface area contributed by atoms with Crippen molar-refractivity contribution in [2.45, 2.75) is 33.5 Å². The molecule has 6 heteroatoms. The predicted octanol–water partition coefficient (Wildman–Crippen LogP) is 4.49. The van der Waals surface area contributed by atoms with Gasteiger partial charge in [-0.25, -0.2) is 0 Å². The molecule has 0 spiro atoms. The Labute approximate surface area is 115 Å². The molecule has 1 heterocycles. The van der Waals surface area contributed by atoms with Crippen LogP contribution in [-0.4, -0.2) is 23.9 Å². The van der Waals surface area contributed by atoms with Gasteiger partial charge in [-0.2, -0.15) is 25.3 Å². The molecule has 1 aliphatic rings. The van der Waals surface area contributed by atoms with Crippen LogP contribution in [0.2, 0.25) is 0 Å². The highest BCUT2D eigenvalue weighted by Gasteiger charge is 2.28. The third-order valence-corrected chi connectivity index (χ3v) is 8.58. The van der Waals surface area contributed by atoms with Crippen molar-refractivity contribution in [2.24, 2.45) is 0 Å². The molecule has 0 aromatic carbocycles. The van der Waals surface area contributed by atoms with E-state index in [1.165, 1.54) is 12.8 Å². The first kappa shape index (κ1) is 14.2. The van der Waals surface area contributed by atoms with Gasteiger partial charge in [0.05, 0.1) is 13.7 Å². The second kappa shape index (κ2) is 8.23. The van der Waals surface area contributed by atoms with Crippen LogP contribution in [0.3, 0.4) is 0 Å². The first-order chi connectivity index (χ1) is 6.80. The normalized spacial score (nSPS) is 33.2. The first-order valence-corrected chi connectivity index (χ1v) is 9.80. The zero-order chi connectivity index (χ0) is 10.4. The fourth-order valence-corrected chi connectivity index (χ4v) is 9.37. The van der Waals surface area contributed by atoms with Crippen LogP contribution < -0.4 is 0 Å². The van der Waals surface area contributed by atoms with Crippen molar-refractivity contribution >= 4 is 72.3 Å². The average Bonchev–Trinajstić information content (AvgIpc) is 2.18. The van der Waals surface area contributed by atoms with Gasteiger partial charge in [0, 0.05) is 10.2 Å². The molecule has 0 N–H and O–H groups in total. The summed E-state index contributed by atoms with van der Waals surface area (Å²) in [5.41, 5.74) is 0. The molecule has 0 amide bonds. The number of hydrogen-bond acceptors (Lipinski definition) is 6. The molecule has 2 atom stereocenters. The summed E-state index contributed by atoms with van der Waals surface area (Å²) in [6.07, 6.45) is 2.56. The Morgan fingerprint density at radius 2 is 1.64 bits per heavy atom. The molecule has 84 valence electrons. The maximum atomic E-state index is 4.29. The summed E-state index contributed by atoms with van der Waals surface area (Å²) in [7, 11) is 0. The molecule has 0 radical (unpaired) electrons. The SMILES string of the molecule is CCC1SC(SCS)CC(SCS)S1. The molecular formula is C8H16S6. The number of thioether (sulfide) groups is 4. The Kier molecular flexibility index (Phi) is 8.32. The number of hydrogen-bond donors (Lipinski definition) is 2. The molecule has 2 unspecified atom stereocenters. The minimum absolute atomic E-state index is 0.746. The number of thiol groups is 2. The van der Waals surface area contributed by atoms with E-state index in [1.807, 2.05) is 23.5 Å². The Hall–Kier alpha value is 2.10. The fraction of sp³-hybridized carbons (Fsp3) is 1.00. The molecule has 0 aromatic heterocycles. The highest BCUT2D eigenvalue weighted by Crippen LogP contribution is 2.49. The quantitative estimate of drug-likeness (QED) is 0.567. The summed E-state index contributed by atoms with van der Waals surface area (Å²) < 4.78 is 2.27. The van der Waals surface area contributed by atoms with Gasteiger partial charge in [-0.15, -0.1) is 47.0 Å². The molecule has 1 fully saturated rings. The summed E-state index contributed by atoms with van der Waals surface area (Å²) >= 11 is 16.8. The average molecular weight is 305 g/mol. The lowest BCUT2D eigenvalue weighted by molar-refractivity contribution is 0.970. The topological polar surface area (TPSA) is 0 Å². The summed E-state index contributed by atoms with van der Waals surface area (Å²) in [6, 6.07) is 0. The van der Waals surface area contributed by atoms with Gasteiger partial charge in [0.2, 0.25) is 0 Å². The highest BCUT2D eigenvalue weighted by molar-refractivity contribution is 8.30. The standard InChI is InChI=1S/C8H16S6/c1-2-6-13-7(11-4-9)3-8(14-6)12-5-10/h6-10H,2-5H2,1H3. The molecule has 0 aromatic rings. The fourth-order valence-electron chi connectivity index (χ4n) is 1.21. The van der Waals surface area contributed by atoms with Gasteiger partial charge in [-0.05, 0) is 12.8 Å². The maximum absolute atomic E-state index is 4.29. The van der Waals surface area contributed by atoms with Crippen molar-refractivity contribution in [3.63, 3.8) is 0 Å². The van der Waals surface area contributed by atoms with Gasteiger partial charge in [0.1, 0.15) is 0 Å². The van der Waals surface area contributed by atoms with Gasteiger partial charge < -0.3 is 0 Å². The van der Waals surface area contributed by atoms with E-state index in [-0.39, 0.29) is 0 Å². The lowest BCUT2D eigenvalue weighted by Gasteiger charge is -2.32. The van der Waals surface area contributed by atoms with Gasteiger partial charge in [-0.3, -0.25) is 0 Å². The van der Waals surface area contributed by atoms with E-state index in [9.17, 15) is 0 Å². The van der Waals surface area contributed by atoms with Crippen molar-refractivity contribution in [2.75, 3.05) is 10.2 Å². The molecule has 0 nitrogen and oxygen atoms in total.